The summed E-state index contributed by atoms with van der Waals surface area (Å²) in [5.74, 6) is -0.859. The third-order valence-electron chi connectivity index (χ3n) is 3.54. The molecule has 0 aliphatic heterocycles. The maximum absolute atomic E-state index is 12.7. The van der Waals surface area contributed by atoms with E-state index in [0.717, 1.165) is 0 Å². The van der Waals surface area contributed by atoms with E-state index in [1.54, 1.807) is 36.4 Å². The quantitative estimate of drug-likeness (QED) is 0.738. The number of carboxylic acid groups (broad SMARTS) is 1. The first-order valence-corrected chi connectivity index (χ1v) is 8.87. The Morgan fingerprint density at radius 3 is 2.36 bits per heavy atom. The van der Waals surface area contributed by atoms with Gasteiger partial charge in [-0.3, -0.25) is 4.79 Å². The first-order chi connectivity index (χ1) is 11.9. The second kappa shape index (κ2) is 8.00. The molecule has 8 heteroatoms. The van der Waals surface area contributed by atoms with Crippen molar-refractivity contribution in [1.82, 2.24) is 4.72 Å². The molecule has 2 aromatic carbocycles. The van der Waals surface area contributed by atoms with Crippen molar-refractivity contribution in [2.24, 2.45) is 0 Å². The van der Waals surface area contributed by atoms with Gasteiger partial charge in [0.05, 0.1) is 14.2 Å². The second-order valence-corrected chi connectivity index (χ2v) is 6.90. The zero-order valence-corrected chi connectivity index (χ0v) is 14.6. The molecule has 1 unspecified atom stereocenters. The van der Waals surface area contributed by atoms with Crippen molar-refractivity contribution in [2.45, 2.75) is 17.4 Å². The molecule has 0 heterocycles. The van der Waals surface area contributed by atoms with Crippen LogP contribution in [0.3, 0.4) is 0 Å². The molecular formula is C17H19NO6S. The maximum atomic E-state index is 12.7. The molecule has 0 radical (unpaired) electrons. The van der Waals surface area contributed by atoms with E-state index in [9.17, 15) is 18.3 Å². The van der Waals surface area contributed by atoms with E-state index in [2.05, 4.69) is 4.72 Å². The summed E-state index contributed by atoms with van der Waals surface area (Å²) < 4.78 is 37.7. The number of methoxy groups -OCH3 is 2. The highest BCUT2D eigenvalue weighted by Crippen LogP contribution is 2.28. The average molecular weight is 365 g/mol. The lowest BCUT2D eigenvalue weighted by atomic mass is 10.1. The third-order valence-corrected chi connectivity index (χ3v) is 5.03. The zero-order chi connectivity index (χ0) is 18.4. The Morgan fingerprint density at radius 1 is 1.12 bits per heavy atom. The zero-order valence-electron chi connectivity index (χ0n) is 13.8. The average Bonchev–Trinajstić information content (AvgIpc) is 2.61. The van der Waals surface area contributed by atoms with E-state index < -0.39 is 22.0 Å². The predicted molar refractivity (Wildman–Crippen MR) is 91.4 cm³/mol. The molecule has 7 nitrogen and oxygen atoms in total. The van der Waals surface area contributed by atoms with Gasteiger partial charge in [0.1, 0.15) is 22.4 Å². The smallest absolute Gasteiger partial charge is 0.322 e. The van der Waals surface area contributed by atoms with Crippen LogP contribution in [0, 0.1) is 0 Å². The Labute approximate surface area is 146 Å². The first kappa shape index (κ1) is 18.8. The maximum Gasteiger partial charge on any atom is 0.322 e. The Kier molecular flexibility index (Phi) is 6.00. The highest BCUT2D eigenvalue weighted by molar-refractivity contribution is 7.89. The Balaban J connectivity index is 2.33. The van der Waals surface area contributed by atoms with Gasteiger partial charge in [-0.15, -0.1) is 0 Å². The van der Waals surface area contributed by atoms with Gasteiger partial charge in [0.25, 0.3) is 0 Å². The van der Waals surface area contributed by atoms with Gasteiger partial charge in [-0.25, -0.2) is 8.42 Å². The summed E-state index contributed by atoms with van der Waals surface area (Å²) in [5.41, 5.74) is 0.704. The van der Waals surface area contributed by atoms with Crippen molar-refractivity contribution >= 4 is 16.0 Å². The van der Waals surface area contributed by atoms with E-state index in [1.807, 2.05) is 0 Å². The fraction of sp³-hybridized carbons (Fsp3) is 0.235. The number of benzene rings is 2. The molecule has 0 aromatic heterocycles. The number of rotatable bonds is 8. The van der Waals surface area contributed by atoms with Crippen LogP contribution in [0.25, 0.3) is 0 Å². The van der Waals surface area contributed by atoms with Crippen LogP contribution in [0.4, 0.5) is 0 Å². The van der Waals surface area contributed by atoms with Crippen LogP contribution in [0.15, 0.2) is 53.4 Å². The van der Waals surface area contributed by atoms with Gasteiger partial charge in [0.15, 0.2) is 0 Å². The van der Waals surface area contributed by atoms with Crippen molar-refractivity contribution in [3.63, 3.8) is 0 Å². The monoisotopic (exact) mass is 365 g/mol. The van der Waals surface area contributed by atoms with Gasteiger partial charge >= 0.3 is 5.97 Å². The molecule has 0 saturated heterocycles. The van der Waals surface area contributed by atoms with Crippen molar-refractivity contribution in [3.05, 3.63) is 54.1 Å². The topological polar surface area (TPSA) is 102 Å². The number of carbonyl (C=O) groups is 1. The van der Waals surface area contributed by atoms with Crippen LogP contribution in [0.5, 0.6) is 11.5 Å². The van der Waals surface area contributed by atoms with Crippen LogP contribution in [-0.4, -0.2) is 39.8 Å². The van der Waals surface area contributed by atoms with Gasteiger partial charge in [-0.05, 0) is 24.1 Å². The summed E-state index contributed by atoms with van der Waals surface area (Å²) in [6, 6.07) is 11.7. The minimum atomic E-state index is -4.14. The largest absolute Gasteiger partial charge is 0.497 e. The van der Waals surface area contributed by atoms with Crippen molar-refractivity contribution < 1.29 is 27.8 Å². The Hall–Kier alpha value is -2.58. The van der Waals surface area contributed by atoms with Gasteiger partial charge < -0.3 is 14.6 Å². The second-order valence-electron chi connectivity index (χ2n) is 5.22. The number of sulfonamides is 1. The molecular weight excluding hydrogens is 346 g/mol. The normalized spacial score (nSPS) is 12.4. The number of aliphatic carboxylic acids is 1. The lowest BCUT2D eigenvalue weighted by Crippen LogP contribution is -2.42. The van der Waals surface area contributed by atoms with Crippen LogP contribution in [0.1, 0.15) is 5.56 Å². The molecule has 0 aliphatic carbocycles. The number of hydrogen-bond acceptors (Lipinski definition) is 5. The molecule has 2 aromatic rings. The van der Waals surface area contributed by atoms with Crippen LogP contribution < -0.4 is 14.2 Å². The molecule has 1 atom stereocenters. The highest BCUT2D eigenvalue weighted by Gasteiger charge is 2.28. The summed E-state index contributed by atoms with van der Waals surface area (Å²) in [4.78, 5) is 11.3. The molecule has 0 amide bonds. The van der Waals surface area contributed by atoms with E-state index in [-0.39, 0.29) is 17.1 Å². The van der Waals surface area contributed by atoms with Crippen LogP contribution in [0.2, 0.25) is 0 Å². The number of nitrogens with one attached hydrogen (secondary N) is 1. The molecule has 0 aliphatic rings. The van der Waals surface area contributed by atoms with E-state index >= 15 is 0 Å². The fourth-order valence-corrected chi connectivity index (χ4v) is 3.65. The highest BCUT2D eigenvalue weighted by atomic mass is 32.2. The van der Waals surface area contributed by atoms with Crippen molar-refractivity contribution in [3.8, 4) is 11.5 Å². The number of carboxylic acids is 1. The third kappa shape index (κ3) is 4.71. The van der Waals surface area contributed by atoms with Gasteiger partial charge in [-0.2, -0.15) is 4.72 Å². The molecule has 2 N–H and O–H groups in total. The summed E-state index contributed by atoms with van der Waals surface area (Å²) in [6.07, 6.45) is 0.0156. The molecule has 0 bridgehead atoms. The molecule has 0 spiro atoms. The van der Waals surface area contributed by atoms with Crippen molar-refractivity contribution in [2.75, 3.05) is 14.2 Å². The lowest BCUT2D eigenvalue weighted by Gasteiger charge is -2.17. The first-order valence-electron chi connectivity index (χ1n) is 7.38. The minimum absolute atomic E-state index is 0.0156. The Bertz CT molecular complexity index is 835. The van der Waals surface area contributed by atoms with Gasteiger partial charge in [-0.1, -0.05) is 30.3 Å². The van der Waals surface area contributed by atoms with Crippen LogP contribution >= 0.6 is 0 Å². The summed E-state index contributed by atoms with van der Waals surface area (Å²) in [6.45, 7) is 0. The van der Waals surface area contributed by atoms with E-state index in [4.69, 9.17) is 9.47 Å². The summed E-state index contributed by atoms with van der Waals surface area (Å²) >= 11 is 0. The summed E-state index contributed by atoms with van der Waals surface area (Å²) in [7, 11) is -1.40. The molecule has 0 saturated carbocycles. The number of ether oxygens (including phenoxy) is 2. The van der Waals surface area contributed by atoms with Gasteiger partial charge in [0, 0.05) is 6.07 Å². The molecule has 2 rings (SSSR count). The standard InChI is InChI=1S/C17H19NO6S/c1-23-13-8-9-15(24-2)16(11-13)25(21,22)18-14(17(19)20)10-12-6-4-3-5-7-12/h3-9,11,14,18H,10H2,1-2H3,(H,19,20). The molecule has 25 heavy (non-hydrogen) atoms. The fourth-order valence-electron chi connectivity index (χ4n) is 2.27. The summed E-state index contributed by atoms with van der Waals surface area (Å²) in [5, 5.41) is 9.39. The van der Waals surface area contributed by atoms with Crippen LogP contribution in [-0.2, 0) is 21.2 Å². The predicted octanol–water partition coefficient (Wildman–Crippen LogP) is 1.68. The minimum Gasteiger partial charge on any atom is -0.497 e. The molecule has 134 valence electrons. The van der Waals surface area contributed by atoms with Crippen molar-refractivity contribution in [1.29, 1.82) is 0 Å². The molecule has 0 fully saturated rings. The SMILES string of the molecule is COc1ccc(OC)c(S(=O)(=O)NC(Cc2ccccc2)C(=O)O)c1. The van der Waals surface area contributed by atoms with E-state index in [1.165, 1.54) is 26.4 Å². The lowest BCUT2D eigenvalue weighted by molar-refractivity contribution is -0.138. The Morgan fingerprint density at radius 2 is 1.80 bits per heavy atom. The van der Waals surface area contributed by atoms with E-state index in [0.29, 0.717) is 11.3 Å². The number of hydrogen-bond donors (Lipinski definition) is 2. The van der Waals surface area contributed by atoms with Gasteiger partial charge in [0.2, 0.25) is 10.0 Å².